The van der Waals surface area contributed by atoms with E-state index in [4.69, 9.17) is 0 Å². The van der Waals surface area contributed by atoms with Gasteiger partial charge in [-0.3, -0.25) is 4.99 Å². The minimum Gasteiger partial charge on any atom is -0.386 e. The number of hydrogen-bond acceptors (Lipinski definition) is 3. The minimum atomic E-state index is -0.766. The molecule has 2 aliphatic rings. The number of aromatic nitrogens is 2. The molecule has 168 valence electrons. The average Bonchev–Trinajstić information content (AvgIpc) is 3.23. The van der Waals surface area contributed by atoms with Gasteiger partial charge in [-0.15, -0.1) is 0 Å². The zero-order valence-corrected chi connectivity index (χ0v) is 18.8. The molecule has 1 fully saturated rings. The fraction of sp³-hybridized carbons (Fsp3) is 0.286. The van der Waals surface area contributed by atoms with E-state index in [2.05, 4.69) is 29.8 Å². The van der Waals surface area contributed by atoms with Crippen molar-refractivity contribution in [3.63, 3.8) is 0 Å². The lowest BCUT2D eigenvalue weighted by molar-refractivity contribution is 0.0257. The highest BCUT2D eigenvalue weighted by atomic mass is 19.1. The van der Waals surface area contributed by atoms with Crippen LogP contribution in [0.15, 0.2) is 77.4 Å². The van der Waals surface area contributed by atoms with Crippen molar-refractivity contribution >= 4 is 18.9 Å². The smallest absolute Gasteiger partial charge is 0.123 e. The molecule has 5 rings (SSSR count). The van der Waals surface area contributed by atoms with Crippen LogP contribution < -0.4 is 0 Å². The molecule has 2 aromatic carbocycles. The van der Waals surface area contributed by atoms with Gasteiger partial charge >= 0.3 is 0 Å². The topological polar surface area (TPSA) is 50.4 Å². The predicted molar refractivity (Wildman–Crippen MR) is 131 cm³/mol. The number of rotatable bonds is 5. The fourth-order valence-corrected chi connectivity index (χ4v) is 5.64. The molecule has 3 aromatic rings. The van der Waals surface area contributed by atoms with Crippen LogP contribution in [0.2, 0.25) is 0 Å². The molecule has 0 spiro atoms. The first kappa shape index (κ1) is 21.5. The molecule has 1 saturated carbocycles. The van der Waals surface area contributed by atoms with Gasteiger partial charge in [0, 0.05) is 5.41 Å². The summed E-state index contributed by atoms with van der Waals surface area (Å²) >= 11 is 0. The second-order valence-electron chi connectivity index (χ2n) is 9.27. The van der Waals surface area contributed by atoms with Gasteiger partial charge in [-0.25, -0.2) is 9.07 Å². The maximum atomic E-state index is 13.4. The molecule has 1 aromatic heterocycles. The maximum Gasteiger partial charge on any atom is 0.123 e. The van der Waals surface area contributed by atoms with Crippen LogP contribution in [0.25, 0.3) is 17.8 Å². The Morgan fingerprint density at radius 2 is 1.94 bits per heavy atom. The zero-order valence-electron chi connectivity index (χ0n) is 18.8. The number of fused-ring (bicyclic) bond motifs is 2. The van der Waals surface area contributed by atoms with E-state index < -0.39 is 11.6 Å². The van der Waals surface area contributed by atoms with Gasteiger partial charge in [-0.2, -0.15) is 5.10 Å². The molecule has 0 saturated heterocycles. The molecule has 33 heavy (non-hydrogen) atoms. The summed E-state index contributed by atoms with van der Waals surface area (Å²) in [6.45, 7) is 6.16. The van der Waals surface area contributed by atoms with Gasteiger partial charge in [-0.1, -0.05) is 55.0 Å². The highest BCUT2D eigenvalue weighted by Crippen LogP contribution is 2.56. The Balaban J connectivity index is 1.53. The van der Waals surface area contributed by atoms with Gasteiger partial charge in [0.1, 0.15) is 5.82 Å². The van der Waals surface area contributed by atoms with Gasteiger partial charge in [0.25, 0.3) is 0 Å². The number of aliphatic imine (C=N–C) groups is 1. The van der Waals surface area contributed by atoms with Crippen LogP contribution in [0, 0.1) is 11.2 Å². The van der Waals surface area contributed by atoms with Crippen LogP contribution in [0.3, 0.4) is 0 Å². The van der Waals surface area contributed by atoms with Crippen LogP contribution in [0.4, 0.5) is 4.39 Å². The van der Waals surface area contributed by atoms with Crippen molar-refractivity contribution in [1.82, 2.24) is 9.78 Å². The summed E-state index contributed by atoms with van der Waals surface area (Å²) in [5.74, 6) is -0.266. The van der Waals surface area contributed by atoms with Crippen LogP contribution >= 0.6 is 0 Å². The molecule has 2 aliphatic carbocycles. The molecule has 0 aliphatic heterocycles. The lowest BCUT2D eigenvalue weighted by Crippen LogP contribution is -2.57. The van der Waals surface area contributed by atoms with Crippen molar-refractivity contribution < 1.29 is 9.50 Å². The van der Waals surface area contributed by atoms with Crippen molar-refractivity contribution in [1.29, 1.82) is 0 Å². The Bertz CT molecular complexity index is 1230. The zero-order chi connectivity index (χ0) is 23.1. The summed E-state index contributed by atoms with van der Waals surface area (Å²) in [6.07, 6.45) is 10.5. The Labute approximate surface area is 193 Å². The number of aliphatic hydroxyl groups excluding tert-OH is 1. The van der Waals surface area contributed by atoms with Crippen LogP contribution in [0.1, 0.15) is 43.0 Å². The van der Waals surface area contributed by atoms with Gasteiger partial charge in [0.2, 0.25) is 0 Å². The molecule has 3 atom stereocenters. The second-order valence-corrected chi connectivity index (χ2v) is 9.27. The van der Waals surface area contributed by atoms with E-state index in [0.717, 1.165) is 41.8 Å². The molecule has 5 heteroatoms. The Morgan fingerprint density at radius 1 is 1.18 bits per heavy atom. The van der Waals surface area contributed by atoms with E-state index in [1.54, 1.807) is 12.1 Å². The fourth-order valence-electron chi connectivity index (χ4n) is 5.64. The minimum absolute atomic E-state index is 0.266. The largest absolute Gasteiger partial charge is 0.386 e. The number of aliphatic hydroxyl groups is 1. The lowest BCUT2D eigenvalue weighted by Gasteiger charge is -2.54. The van der Waals surface area contributed by atoms with Gasteiger partial charge in [0.05, 0.1) is 29.2 Å². The number of nitrogens with zero attached hydrogens (tertiary/aromatic N) is 3. The third-order valence-corrected chi connectivity index (χ3v) is 7.52. The maximum absolute atomic E-state index is 13.4. The quantitative estimate of drug-likeness (QED) is 0.520. The van der Waals surface area contributed by atoms with Crippen LogP contribution in [-0.2, 0) is 6.42 Å². The molecule has 0 radical (unpaired) electrons. The highest BCUT2D eigenvalue weighted by molar-refractivity contribution is 5.63. The second kappa shape index (κ2) is 8.23. The molecule has 1 heterocycles. The van der Waals surface area contributed by atoms with Crippen molar-refractivity contribution in [3.8, 4) is 5.69 Å². The van der Waals surface area contributed by atoms with Crippen LogP contribution in [-0.4, -0.2) is 33.2 Å². The normalized spacial score (nSPS) is 25.2. The van der Waals surface area contributed by atoms with E-state index in [-0.39, 0.29) is 11.2 Å². The number of hydrogen-bond donors (Lipinski definition) is 1. The first-order chi connectivity index (χ1) is 16.0. The molecule has 0 unspecified atom stereocenters. The molecule has 0 bridgehead atoms. The lowest BCUT2D eigenvalue weighted by atomic mass is 9.54. The van der Waals surface area contributed by atoms with E-state index in [1.165, 1.54) is 17.7 Å². The summed E-state index contributed by atoms with van der Waals surface area (Å²) in [5, 5.41) is 16.1. The number of halogens is 1. The molecular formula is C28H28FN3O. The summed E-state index contributed by atoms with van der Waals surface area (Å²) < 4.78 is 15.3. The monoisotopic (exact) mass is 441 g/mol. The van der Waals surface area contributed by atoms with Crippen molar-refractivity contribution in [2.45, 2.75) is 44.2 Å². The van der Waals surface area contributed by atoms with E-state index in [9.17, 15) is 9.50 Å². The molecule has 1 N–H and O–H groups in total. The van der Waals surface area contributed by atoms with Crippen molar-refractivity contribution in [2.75, 3.05) is 0 Å². The summed E-state index contributed by atoms with van der Waals surface area (Å²) in [7, 11) is 0. The van der Waals surface area contributed by atoms with E-state index in [0.29, 0.717) is 6.42 Å². The summed E-state index contributed by atoms with van der Waals surface area (Å²) in [5.41, 5.74) is 4.13. The predicted octanol–water partition coefficient (Wildman–Crippen LogP) is 5.65. The third-order valence-electron chi connectivity index (χ3n) is 7.52. The highest BCUT2D eigenvalue weighted by Gasteiger charge is 2.56. The first-order valence-corrected chi connectivity index (χ1v) is 11.4. The SMILES string of the molecule is C=N[C@]1([C@@H](O)/C=C\c2ccccc2)CCCC2=Cc3c(cnn3-c3ccc(F)cc3)C[C@@]21C. The van der Waals surface area contributed by atoms with Crippen LogP contribution in [0.5, 0.6) is 0 Å². The summed E-state index contributed by atoms with van der Waals surface area (Å²) in [4.78, 5) is 4.63. The number of benzene rings is 2. The Kier molecular flexibility index (Phi) is 5.37. The molecule has 0 amide bonds. The standard InChI is InChI=1S/C28H28FN3O/c1-27-18-21-19-31-32(24-13-11-23(29)12-14-24)25(21)17-22(27)9-6-16-28(27,30-2)26(33)15-10-20-7-4-3-5-8-20/h3-5,7-8,10-15,17,19,26,33H,2,6,9,16,18H2,1H3/b15-10-/t26-,27-,28-/m0/s1. The van der Waals surface area contributed by atoms with Gasteiger partial charge in [0.15, 0.2) is 0 Å². The van der Waals surface area contributed by atoms with Crippen molar-refractivity contribution in [2.24, 2.45) is 10.4 Å². The first-order valence-electron chi connectivity index (χ1n) is 11.4. The van der Waals surface area contributed by atoms with Crippen molar-refractivity contribution in [3.05, 3.63) is 95.1 Å². The van der Waals surface area contributed by atoms with E-state index in [1.807, 2.05) is 53.4 Å². The van der Waals surface area contributed by atoms with Gasteiger partial charge in [-0.05, 0) is 73.9 Å². The Hall–Kier alpha value is -3.31. The summed E-state index contributed by atoms with van der Waals surface area (Å²) in [6, 6.07) is 16.4. The van der Waals surface area contributed by atoms with E-state index >= 15 is 0 Å². The Morgan fingerprint density at radius 3 is 2.67 bits per heavy atom. The third kappa shape index (κ3) is 3.47. The molecular weight excluding hydrogens is 413 g/mol. The average molecular weight is 442 g/mol. The molecule has 4 nitrogen and oxygen atoms in total. The van der Waals surface area contributed by atoms with Gasteiger partial charge < -0.3 is 5.11 Å².